The van der Waals surface area contributed by atoms with Crippen LogP contribution in [0, 0.1) is 0 Å². The molecule has 0 amide bonds. The number of hydrogen-bond donors (Lipinski definition) is 0. The lowest BCUT2D eigenvalue weighted by molar-refractivity contribution is -0.139. The molecule has 1 unspecified atom stereocenters. The minimum Gasteiger partial charge on any atom is -0.468 e. The van der Waals surface area contributed by atoms with Crippen molar-refractivity contribution in [3.8, 4) is 0 Å². The Hall–Kier alpha value is -0.830. The molecule has 1 aromatic carbocycles. The summed E-state index contributed by atoms with van der Waals surface area (Å²) in [6, 6.07) is 7.92. The summed E-state index contributed by atoms with van der Waals surface area (Å²) < 4.78 is 4.64. The van der Waals surface area contributed by atoms with Gasteiger partial charge in [0.05, 0.1) is 7.11 Å². The predicted octanol–water partition coefficient (Wildman–Crippen LogP) is 2.86. The fourth-order valence-electron chi connectivity index (χ4n) is 1.16. The Kier molecular flexibility index (Phi) is 4.14. The van der Waals surface area contributed by atoms with Crippen LogP contribution in [0.15, 0.2) is 24.3 Å². The van der Waals surface area contributed by atoms with E-state index in [1.807, 2.05) is 24.3 Å². The van der Waals surface area contributed by atoms with Crippen LogP contribution in [0.1, 0.15) is 22.9 Å². The number of aryl methyl sites for hydroxylation is 1. The molecule has 0 bridgehead atoms. The van der Waals surface area contributed by atoms with Crippen LogP contribution in [0.5, 0.6) is 0 Å². The molecule has 3 heteroatoms. The maximum Gasteiger partial charge on any atom is 0.323 e. The zero-order valence-electron chi connectivity index (χ0n) is 8.29. The Morgan fingerprint density at radius 2 is 2.00 bits per heavy atom. The van der Waals surface area contributed by atoms with Crippen LogP contribution < -0.4 is 0 Å². The molecule has 0 spiro atoms. The van der Waals surface area contributed by atoms with Crippen LogP contribution in [0.4, 0.5) is 0 Å². The third-order valence-electron chi connectivity index (χ3n) is 2.09. The summed E-state index contributed by atoms with van der Waals surface area (Å²) in [6.45, 7) is 2.10. The Bertz CT molecular complexity index is 306. The van der Waals surface area contributed by atoms with E-state index in [0.717, 1.165) is 12.0 Å². The van der Waals surface area contributed by atoms with Crippen LogP contribution in [0.2, 0.25) is 0 Å². The number of carbonyl (C=O) groups excluding carboxylic acids is 1. The van der Waals surface area contributed by atoms with Crippen LogP contribution in [-0.4, -0.2) is 13.1 Å². The second-order valence-corrected chi connectivity index (χ2v) is 3.90. The van der Waals surface area contributed by atoms with E-state index in [1.165, 1.54) is 12.7 Å². The van der Waals surface area contributed by atoms with E-state index < -0.39 is 0 Å². The first-order valence-electron chi connectivity index (χ1n) is 4.49. The first-order valence-corrected chi connectivity index (χ1v) is 5.41. The van der Waals surface area contributed by atoms with Crippen molar-refractivity contribution in [2.24, 2.45) is 0 Å². The van der Waals surface area contributed by atoms with Gasteiger partial charge in [-0.15, -0.1) is 0 Å². The second-order valence-electron chi connectivity index (χ2n) is 2.98. The molecule has 1 rings (SSSR count). The number of halogens is 1. The highest BCUT2D eigenvalue weighted by atomic mass is 79.9. The zero-order chi connectivity index (χ0) is 10.6. The molecule has 0 aliphatic rings. The number of alkyl halides is 1. The monoisotopic (exact) mass is 256 g/mol. The van der Waals surface area contributed by atoms with E-state index in [0.29, 0.717) is 0 Å². The van der Waals surface area contributed by atoms with Crippen molar-refractivity contribution in [2.45, 2.75) is 18.2 Å². The van der Waals surface area contributed by atoms with Crippen molar-refractivity contribution >= 4 is 21.9 Å². The van der Waals surface area contributed by atoms with E-state index >= 15 is 0 Å². The molecule has 2 nitrogen and oxygen atoms in total. The van der Waals surface area contributed by atoms with Crippen molar-refractivity contribution in [2.75, 3.05) is 7.11 Å². The van der Waals surface area contributed by atoms with Gasteiger partial charge in [-0.25, -0.2) is 0 Å². The van der Waals surface area contributed by atoms with Crippen molar-refractivity contribution in [3.63, 3.8) is 0 Å². The molecule has 14 heavy (non-hydrogen) atoms. The number of methoxy groups -OCH3 is 1. The van der Waals surface area contributed by atoms with Gasteiger partial charge in [0.1, 0.15) is 4.83 Å². The first-order chi connectivity index (χ1) is 6.69. The molecule has 0 aliphatic carbocycles. The highest BCUT2D eigenvalue weighted by molar-refractivity contribution is 9.09. The highest BCUT2D eigenvalue weighted by Crippen LogP contribution is 2.24. The quantitative estimate of drug-likeness (QED) is 0.614. The number of hydrogen-bond acceptors (Lipinski definition) is 2. The van der Waals surface area contributed by atoms with Gasteiger partial charge in [0.2, 0.25) is 0 Å². The van der Waals surface area contributed by atoms with Gasteiger partial charge in [0.15, 0.2) is 0 Å². The summed E-state index contributed by atoms with van der Waals surface area (Å²) in [5, 5.41) is 0. The lowest BCUT2D eigenvalue weighted by Gasteiger charge is -2.08. The Balaban J connectivity index is 2.81. The highest BCUT2D eigenvalue weighted by Gasteiger charge is 2.16. The molecule has 0 N–H and O–H groups in total. The average Bonchev–Trinajstić information content (AvgIpc) is 2.27. The fraction of sp³-hybridized carbons (Fsp3) is 0.364. The molecule has 1 aromatic rings. The summed E-state index contributed by atoms with van der Waals surface area (Å²) in [4.78, 5) is 10.8. The molecule has 0 heterocycles. The van der Waals surface area contributed by atoms with Crippen LogP contribution in [0.25, 0.3) is 0 Å². The summed E-state index contributed by atoms with van der Waals surface area (Å²) in [6.07, 6.45) is 1.01. The van der Waals surface area contributed by atoms with Gasteiger partial charge in [-0.2, -0.15) is 0 Å². The Morgan fingerprint density at radius 1 is 1.43 bits per heavy atom. The molecule has 76 valence electrons. The van der Waals surface area contributed by atoms with Crippen LogP contribution >= 0.6 is 15.9 Å². The third kappa shape index (κ3) is 2.58. The summed E-state index contributed by atoms with van der Waals surface area (Å²) in [7, 11) is 1.39. The van der Waals surface area contributed by atoms with E-state index in [9.17, 15) is 4.79 Å². The van der Waals surface area contributed by atoms with Gasteiger partial charge in [0, 0.05) is 0 Å². The third-order valence-corrected chi connectivity index (χ3v) is 2.99. The van der Waals surface area contributed by atoms with Crippen molar-refractivity contribution < 1.29 is 9.53 Å². The number of esters is 1. The zero-order valence-corrected chi connectivity index (χ0v) is 9.87. The van der Waals surface area contributed by atoms with Gasteiger partial charge < -0.3 is 4.74 Å². The number of ether oxygens (including phenoxy) is 1. The maximum absolute atomic E-state index is 11.2. The minimum absolute atomic E-state index is 0.269. The van der Waals surface area contributed by atoms with Crippen molar-refractivity contribution in [1.82, 2.24) is 0 Å². The summed E-state index contributed by atoms with van der Waals surface area (Å²) >= 11 is 3.28. The normalized spacial score (nSPS) is 12.2. The van der Waals surface area contributed by atoms with Gasteiger partial charge in [-0.3, -0.25) is 4.79 Å². The molecular weight excluding hydrogens is 244 g/mol. The van der Waals surface area contributed by atoms with E-state index in [1.54, 1.807) is 0 Å². The minimum atomic E-state index is -0.363. The van der Waals surface area contributed by atoms with E-state index in [2.05, 4.69) is 27.6 Å². The number of carbonyl (C=O) groups is 1. The molecule has 1 atom stereocenters. The summed E-state index contributed by atoms with van der Waals surface area (Å²) in [5.41, 5.74) is 2.19. The van der Waals surface area contributed by atoms with Gasteiger partial charge >= 0.3 is 5.97 Å². The lowest BCUT2D eigenvalue weighted by atomic mass is 10.1. The van der Waals surface area contributed by atoms with Crippen LogP contribution in [0.3, 0.4) is 0 Å². The van der Waals surface area contributed by atoms with E-state index in [-0.39, 0.29) is 10.8 Å². The standard InChI is InChI=1S/C11H13BrO2/c1-3-8-4-6-9(7-5-8)10(12)11(13)14-2/h4-7,10H,3H2,1-2H3. The fourth-order valence-corrected chi connectivity index (χ4v) is 1.65. The Morgan fingerprint density at radius 3 is 2.43 bits per heavy atom. The molecular formula is C11H13BrO2. The smallest absolute Gasteiger partial charge is 0.323 e. The molecule has 0 saturated heterocycles. The van der Waals surface area contributed by atoms with E-state index in [4.69, 9.17) is 0 Å². The van der Waals surface area contributed by atoms with Gasteiger partial charge in [-0.05, 0) is 17.5 Å². The average molecular weight is 257 g/mol. The topological polar surface area (TPSA) is 26.3 Å². The SMILES string of the molecule is CCc1ccc(C(Br)C(=O)OC)cc1. The predicted molar refractivity (Wildman–Crippen MR) is 59.5 cm³/mol. The largest absolute Gasteiger partial charge is 0.468 e. The van der Waals surface area contributed by atoms with Crippen LogP contribution in [-0.2, 0) is 16.0 Å². The Labute approximate surface area is 92.4 Å². The van der Waals surface area contributed by atoms with Crippen molar-refractivity contribution in [3.05, 3.63) is 35.4 Å². The number of benzene rings is 1. The molecule has 0 saturated carbocycles. The van der Waals surface area contributed by atoms with Gasteiger partial charge in [-0.1, -0.05) is 47.1 Å². The number of rotatable bonds is 3. The van der Waals surface area contributed by atoms with Crippen molar-refractivity contribution in [1.29, 1.82) is 0 Å². The molecule has 0 aliphatic heterocycles. The second kappa shape index (κ2) is 5.15. The van der Waals surface area contributed by atoms with Gasteiger partial charge in [0.25, 0.3) is 0 Å². The molecule has 0 aromatic heterocycles. The molecule has 0 fully saturated rings. The summed E-state index contributed by atoms with van der Waals surface area (Å²) in [5.74, 6) is -0.269. The first kappa shape index (κ1) is 11.2. The maximum atomic E-state index is 11.2. The molecule has 0 radical (unpaired) electrons. The lowest BCUT2D eigenvalue weighted by Crippen LogP contribution is -2.07.